The van der Waals surface area contributed by atoms with E-state index in [-0.39, 0.29) is 5.41 Å². The van der Waals surface area contributed by atoms with Crippen LogP contribution in [-0.2, 0) is 4.79 Å². The van der Waals surface area contributed by atoms with E-state index >= 15 is 0 Å². The van der Waals surface area contributed by atoms with E-state index in [2.05, 4.69) is 10.3 Å². The summed E-state index contributed by atoms with van der Waals surface area (Å²) in [4.78, 5) is 15.3. The fourth-order valence-corrected chi connectivity index (χ4v) is 1.37. The minimum absolute atomic E-state index is 0.350. The summed E-state index contributed by atoms with van der Waals surface area (Å²) in [6.07, 6.45) is 1.65. The van der Waals surface area contributed by atoms with Crippen LogP contribution < -0.4 is 5.32 Å². The summed E-state index contributed by atoms with van der Waals surface area (Å²) in [6, 6.07) is 3.06. The third kappa shape index (κ3) is 3.22. The lowest BCUT2D eigenvalue weighted by molar-refractivity contribution is -0.140. The molecule has 1 unspecified atom stereocenters. The fourth-order valence-electron chi connectivity index (χ4n) is 1.37. The molecule has 0 saturated heterocycles. The maximum absolute atomic E-state index is 11.1. The molecule has 0 radical (unpaired) electrons. The lowest BCUT2D eigenvalue weighted by atomic mass is 9.86. The highest BCUT2D eigenvalue weighted by atomic mass is 16.4. The van der Waals surface area contributed by atoms with Crippen molar-refractivity contribution in [3.63, 3.8) is 0 Å². The smallest absolute Gasteiger partial charge is 0.326 e. The van der Waals surface area contributed by atoms with Crippen LogP contribution in [0.2, 0.25) is 0 Å². The van der Waals surface area contributed by atoms with Crippen molar-refractivity contribution in [1.82, 2.24) is 4.98 Å². The minimum atomic E-state index is -0.854. The van der Waals surface area contributed by atoms with E-state index in [9.17, 15) is 4.79 Å². The molecule has 4 heteroatoms. The molecule has 1 rings (SSSR count). The summed E-state index contributed by atoms with van der Waals surface area (Å²) >= 11 is 0. The fraction of sp³-hybridized carbons (Fsp3) is 0.500. The second kappa shape index (κ2) is 4.51. The molecule has 1 heterocycles. The van der Waals surface area contributed by atoms with Crippen molar-refractivity contribution in [2.24, 2.45) is 5.41 Å². The Morgan fingerprint density at radius 1 is 1.44 bits per heavy atom. The number of aromatic nitrogens is 1. The van der Waals surface area contributed by atoms with Gasteiger partial charge in [-0.25, -0.2) is 4.79 Å². The van der Waals surface area contributed by atoms with Gasteiger partial charge in [0.15, 0.2) is 0 Å². The van der Waals surface area contributed by atoms with Crippen molar-refractivity contribution in [3.05, 3.63) is 24.0 Å². The molecule has 1 aromatic rings. The summed E-state index contributed by atoms with van der Waals surface area (Å²) in [7, 11) is 0. The van der Waals surface area contributed by atoms with E-state index < -0.39 is 12.0 Å². The zero-order chi connectivity index (χ0) is 12.3. The van der Waals surface area contributed by atoms with Gasteiger partial charge < -0.3 is 10.4 Å². The highest BCUT2D eigenvalue weighted by molar-refractivity contribution is 5.78. The first-order valence-electron chi connectivity index (χ1n) is 5.22. The quantitative estimate of drug-likeness (QED) is 0.823. The van der Waals surface area contributed by atoms with Crippen molar-refractivity contribution < 1.29 is 9.90 Å². The van der Waals surface area contributed by atoms with Crippen LogP contribution in [0.25, 0.3) is 0 Å². The second-order valence-corrected chi connectivity index (χ2v) is 4.97. The van der Waals surface area contributed by atoms with Gasteiger partial charge in [-0.2, -0.15) is 0 Å². The van der Waals surface area contributed by atoms with Crippen molar-refractivity contribution in [1.29, 1.82) is 0 Å². The van der Waals surface area contributed by atoms with Crippen LogP contribution in [0.3, 0.4) is 0 Å². The monoisotopic (exact) mass is 222 g/mol. The van der Waals surface area contributed by atoms with Crippen molar-refractivity contribution in [3.8, 4) is 0 Å². The summed E-state index contributed by atoms with van der Waals surface area (Å²) in [5.41, 5.74) is 1.29. The first-order valence-corrected chi connectivity index (χ1v) is 5.22. The Labute approximate surface area is 95.7 Å². The van der Waals surface area contributed by atoms with Crippen LogP contribution in [0.15, 0.2) is 18.3 Å². The standard InChI is InChI=1S/C12H18N2O2/c1-8-5-6-9(7-13-8)14-10(11(15)16)12(2,3)4/h5-7,10,14H,1-4H3,(H,15,16). The average molecular weight is 222 g/mol. The van der Waals surface area contributed by atoms with Gasteiger partial charge in [-0.3, -0.25) is 4.98 Å². The topological polar surface area (TPSA) is 62.2 Å². The maximum atomic E-state index is 11.1. The highest BCUT2D eigenvalue weighted by Gasteiger charge is 2.30. The molecule has 88 valence electrons. The van der Waals surface area contributed by atoms with Gasteiger partial charge in [0.05, 0.1) is 11.9 Å². The van der Waals surface area contributed by atoms with Crippen LogP contribution >= 0.6 is 0 Å². The number of aliphatic carboxylic acids is 1. The Morgan fingerprint density at radius 2 is 2.06 bits per heavy atom. The molecule has 0 amide bonds. The van der Waals surface area contributed by atoms with Crippen molar-refractivity contribution >= 4 is 11.7 Å². The number of carbonyl (C=O) groups is 1. The normalized spacial score (nSPS) is 13.2. The largest absolute Gasteiger partial charge is 0.480 e. The van der Waals surface area contributed by atoms with Gasteiger partial charge in [-0.1, -0.05) is 20.8 Å². The van der Waals surface area contributed by atoms with E-state index in [1.54, 1.807) is 6.20 Å². The third-order valence-corrected chi connectivity index (χ3v) is 2.34. The molecule has 0 aliphatic heterocycles. The molecular formula is C12H18N2O2. The summed E-state index contributed by atoms with van der Waals surface area (Å²) < 4.78 is 0. The van der Waals surface area contributed by atoms with Crippen LogP contribution in [0.5, 0.6) is 0 Å². The first-order chi connectivity index (χ1) is 7.30. The molecule has 4 nitrogen and oxygen atoms in total. The third-order valence-electron chi connectivity index (χ3n) is 2.34. The van der Waals surface area contributed by atoms with Crippen LogP contribution in [0, 0.1) is 12.3 Å². The maximum Gasteiger partial charge on any atom is 0.326 e. The van der Waals surface area contributed by atoms with Crippen LogP contribution in [0.4, 0.5) is 5.69 Å². The first kappa shape index (κ1) is 12.5. The summed E-state index contributed by atoms with van der Waals surface area (Å²) in [5, 5.41) is 12.1. The number of rotatable bonds is 3. The number of aryl methyl sites for hydroxylation is 1. The van der Waals surface area contributed by atoms with E-state index in [0.29, 0.717) is 0 Å². The van der Waals surface area contributed by atoms with Crippen LogP contribution in [0.1, 0.15) is 26.5 Å². The number of hydrogen-bond acceptors (Lipinski definition) is 3. The van der Waals surface area contributed by atoms with Gasteiger partial charge in [0, 0.05) is 5.69 Å². The van der Waals surface area contributed by atoms with E-state index in [1.165, 1.54) is 0 Å². The Hall–Kier alpha value is -1.58. The Bertz CT molecular complexity index is 366. The summed E-state index contributed by atoms with van der Waals surface area (Å²) in [6.45, 7) is 7.56. The molecule has 0 saturated carbocycles. The number of nitrogens with zero attached hydrogens (tertiary/aromatic N) is 1. The van der Waals surface area contributed by atoms with Crippen molar-refractivity contribution in [2.45, 2.75) is 33.7 Å². The number of hydrogen-bond donors (Lipinski definition) is 2. The SMILES string of the molecule is Cc1ccc(NC(C(=O)O)C(C)(C)C)cn1. The van der Waals surface area contributed by atoms with E-state index in [1.807, 2.05) is 39.8 Å². The molecule has 16 heavy (non-hydrogen) atoms. The van der Waals surface area contributed by atoms with Gasteiger partial charge >= 0.3 is 5.97 Å². The number of pyridine rings is 1. The molecule has 0 aliphatic carbocycles. The lowest BCUT2D eigenvalue weighted by Crippen LogP contribution is -2.41. The zero-order valence-corrected chi connectivity index (χ0v) is 10.1. The van der Waals surface area contributed by atoms with Gasteiger partial charge in [0.25, 0.3) is 0 Å². The van der Waals surface area contributed by atoms with Crippen LogP contribution in [-0.4, -0.2) is 22.1 Å². The molecular weight excluding hydrogens is 204 g/mol. The molecule has 0 bridgehead atoms. The summed E-state index contributed by atoms with van der Waals surface area (Å²) in [5.74, 6) is -0.854. The Kier molecular flexibility index (Phi) is 3.52. The van der Waals surface area contributed by atoms with Gasteiger partial charge in [-0.15, -0.1) is 0 Å². The predicted molar refractivity (Wildman–Crippen MR) is 63.5 cm³/mol. The number of carboxylic acid groups (broad SMARTS) is 1. The average Bonchev–Trinajstić information content (AvgIpc) is 2.14. The molecule has 0 fully saturated rings. The molecule has 2 N–H and O–H groups in total. The number of carboxylic acids is 1. The zero-order valence-electron chi connectivity index (χ0n) is 10.1. The second-order valence-electron chi connectivity index (χ2n) is 4.97. The van der Waals surface area contributed by atoms with Gasteiger partial charge in [0.1, 0.15) is 6.04 Å². The molecule has 0 aromatic carbocycles. The van der Waals surface area contributed by atoms with E-state index in [0.717, 1.165) is 11.4 Å². The molecule has 1 atom stereocenters. The van der Waals surface area contributed by atoms with Gasteiger partial charge in [-0.05, 0) is 24.5 Å². The van der Waals surface area contributed by atoms with Gasteiger partial charge in [0.2, 0.25) is 0 Å². The Balaban J connectivity index is 2.84. The number of anilines is 1. The molecule has 0 aliphatic rings. The minimum Gasteiger partial charge on any atom is -0.480 e. The molecule has 0 spiro atoms. The van der Waals surface area contributed by atoms with Crippen molar-refractivity contribution in [2.75, 3.05) is 5.32 Å². The predicted octanol–water partition coefficient (Wildman–Crippen LogP) is 2.30. The highest BCUT2D eigenvalue weighted by Crippen LogP contribution is 2.23. The lowest BCUT2D eigenvalue weighted by Gasteiger charge is -2.28. The van der Waals surface area contributed by atoms with E-state index in [4.69, 9.17) is 5.11 Å². The number of nitrogens with one attached hydrogen (secondary N) is 1. The Morgan fingerprint density at radius 3 is 2.44 bits per heavy atom. The molecule has 1 aromatic heterocycles.